The number of sulfone groups is 1. The summed E-state index contributed by atoms with van der Waals surface area (Å²) >= 11 is 0. The highest BCUT2D eigenvalue weighted by molar-refractivity contribution is 7.90. The molecule has 0 atom stereocenters. The van der Waals surface area contributed by atoms with E-state index in [1.807, 2.05) is 6.92 Å². The zero-order valence-corrected chi connectivity index (χ0v) is 18.2. The minimum Gasteiger partial charge on any atom is -0.454 e. The van der Waals surface area contributed by atoms with Crippen molar-refractivity contribution in [2.75, 3.05) is 12.9 Å². The molecule has 2 heterocycles. The second-order valence-corrected chi connectivity index (χ2v) is 9.18. The molecule has 0 spiro atoms. The second kappa shape index (κ2) is 7.91. The third-order valence-electron chi connectivity index (χ3n) is 4.77. The summed E-state index contributed by atoms with van der Waals surface area (Å²) in [6, 6.07) is 7.67. The van der Waals surface area contributed by atoms with Gasteiger partial charge in [-0.25, -0.2) is 13.2 Å². The molecule has 0 aliphatic rings. The van der Waals surface area contributed by atoms with Crippen molar-refractivity contribution < 1.29 is 27.3 Å². The van der Waals surface area contributed by atoms with Crippen LogP contribution in [0.5, 0.6) is 0 Å². The topological polar surface area (TPSA) is 108 Å². The fourth-order valence-electron chi connectivity index (χ4n) is 3.19. The minimum absolute atomic E-state index is 0.0119. The monoisotopic (exact) mass is 430 g/mol. The molecule has 0 unspecified atom stereocenters. The van der Waals surface area contributed by atoms with E-state index < -0.39 is 22.4 Å². The van der Waals surface area contributed by atoms with Crippen molar-refractivity contribution in [1.29, 1.82) is 0 Å². The van der Waals surface area contributed by atoms with Crippen LogP contribution in [0.1, 0.15) is 43.4 Å². The minimum atomic E-state index is -3.47. The molecule has 3 aromatic rings. The smallest absolute Gasteiger partial charge is 0.338 e. The predicted molar refractivity (Wildman–Crippen MR) is 109 cm³/mol. The van der Waals surface area contributed by atoms with Gasteiger partial charge in [-0.2, -0.15) is 0 Å². The van der Waals surface area contributed by atoms with E-state index in [2.05, 4.69) is 5.16 Å². The van der Waals surface area contributed by atoms with Crippen molar-refractivity contribution in [1.82, 2.24) is 9.72 Å². The van der Waals surface area contributed by atoms with Crippen LogP contribution in [0.25, 0.3) is 5.82 Å². The molecule has 2 aromatic heterocycles. The van der Waals surface area contributed by atoms with Gasteiger partial charge in [0.1, 0.15) is 5.76 Å². The maximum Gasteiger partial charge on any atom is 0.338 e. The Bertz CT molecular complexity index is 1250. The zero-order valence-electron chi connectivity index (χ0n) is 17.3. The molecule has 0 amide bonds. The van der Waals surface area contributed by atoms with Gasteiger partial charge in [-0.3, -0.25) is 9.36 Å². The first-order valence-electron chi connectivity index (χ1n) is 9.12. The number of rotatable bonds is 6. The van der Waals surface area contributed by atoms with E-state index in [0.717, 1.165) is 11.9 Å². The van der Waals surface area contributed by atoms with Gasteiger partial charge in [-0.15, -0.1) is 0 Å². The van der Waals surface area contributed by atoms with Crippen LogP contribution < -0.4 is 0 Å². The quantitative estimate of drug-likeness (QED) is 0.436. The Morgan fingerprint density at radius 2 is 1.77 bits per heavy atom. The van der Waals surface area contributed by atoms with Crippen molar-refractivity contribution >= 4 is 21.6 Å². The van der Waals surface area contributed by atoms with E-state index in [4.69, 9.17) is 9.26 Å². The molecule has 158 valence electrons. The lowest BCUT2D eigenvalue weighted by atomic mass is 10.1. The van der Waals surface area contributed by atoms with Crippen LogP contribution in [0, 0.1) is 27.7 Å². The average Bonchev–Trinajstić information content (AvgIpc) is 3.21. The molecular formula is C21H22N2O6S. The normalized spacial score (nSPS) is 11.5. The van der Waals surface area contributed by atoms with Crippen LogP contribution >= 0.6 is 0 Å². The Labute approximate surface area is 174 Å². The van der Waals surface area contributed by atoms with Crippen LogP contribution in [0.15, 0.2) is 39.8 Å². The van der Waals surface area contributed by atoms with Crippen LogP contribution in [0.3, 0.4) is 0 Å². The number of ether oxygens (including phenoxy) is 1. The van der Waals surface area contributed by atoms with E-state index in [1.54, 1.807) is 37.5 Å². The van der Waals surface area contributed by atoms with Gasteiger partial charge in [0.2, 0.25) is 5.78 Å². The molecule has 0 fully saturated rings. The first-order valence-corrected chi connectivity index (χ1v) is 11.0. The Balaban J connectivity index is 1.79. The lowest BCUT2D eigenvalue weighted by molar-refractivity contribution is 0.0473. The second-order valence-electron chi connectivity index (χ2n) is 7.16. The summed E-state index contributed by atoms with van der Waals surface area (Å²) in [4.78, 5) is 25.2. The summed E-state index contributed by atoms with van der Waals surface area (Å²) in [5.74, 6) is 0.0740. The summed E-state index contributed by atoms with van der Waals surface area (Å²) in [6.45, 7) is 6.57. The van der Waals surface area contributed by atoms with E-state index in [-0.39, 0.29) is 16.2 Å². The highest BCUT2D eigenvalue weighted by Gasteiger charge is 2.21. The highest BCUT2D eigenvalue weighted by atomic mass is 32.2. The van der Waals surface area contributed by atoms with Crippen molar-refractivity contribution in [2.45, 2.75) is 32.6 Å². The van der Waals surface area contributed by atoms with Gasteiger partial charge in [0, 0.05) is 29.3 Å². The van der Waals surface area contributed by atoms with Gasteiger partial charge < -0.3 is 9.26 Å². The number of carbonyl (C=O) groups excluding carboxylic acids is 2. The van der Waals surface area contributed by atoms with Gasteiger partial charge in [0.25, 0.3) is 0 Å². The summed E-state index contributed by atoms with van der Waals surface area (Å²) in [5, 5.41) is 3.97. The van der Waals surface area contributed by atoms with Crippen molar-refractivity contribution in [3.05, 3.63) is 64.2 Å². The number of esters is 1. The van der Waals surface area contributed by atoms with Gasteiger partial charge >= 0.3 is 5.97 Å². The van der Waals surface area contributed by atoms with Crippen LogP contribution in [0.2, 0.25) is 0 Å². The molecule has 0 N–H and O–H groups in total. The fourth-order valence-corrected chi connectivity index (χ4v) is 3.84. The van der Waals surface area contributed by atoms with Gasteiger partial charge in [0.15, 0.2) is 22.3 Å². The third kappa shape index (κ3) is 4.20. The number of hydrogen-bond donors (Lipinski definition) is 0. The number of nitrogens with zero attached hydrogens (tertiary/aromatic N) is 2. The van der Waals surface area contributed by atoms with Crippen molar-refractivity contribution in [3.63, 3.8) is 0 Å². The summed E-state index contributed by atoms with van der Waals surface area (Å²) in [7, 11) is -3.47. The van der Waals surface area contributed by atoms with Gasteiger partial charge in [0.05, 0.1) is 10.5 Å². The standard InChI is InChI=1S/C21H22N2O6S/c1-12-6-7-16(30(5,26)27)10-17(12)21(25)28-11-19(24)18-8-13(2)23(15(18)4)20-9-14(3)29-22-20/h6-10H,11H2,1-5H3. The van der Waals surface area contributed by atoms with Crippen molar-refractivity contribution in [3.8, 4) is 5.82 Å². The molecule has 30 heavy (non-hydrogen) atoms. The third-order valence-corrected chi connectivity index (χ3v) is 5.88. The molecule has 3 rings (SSSR count). The number of hydrogen-bond acceptors (Lipinski definition) is 7. The van der Waals surface area contributed by atoms with Crippen molar-refractivity contribution in [2.24, 2.45) is 0 Å². The van der Waals surface area contributed by atoms with Crippen LogP contribution in [-0.2, 0) is 14.6 Å². The average molecular weight is 430 g/mol. The maximum absolute atomic E-state index is 12.7. The lowest BCUT2D eigenvalue weighted by Gasteiger charge is -2.09. The number of carbonyl (C=O) groups is 2. The molecule has 0 aliphatic carbocycles. The Morgan fingerprint density at radius 3 is 2.37 bits per heavy atom. The molecule has 0 saturated carbocycles. The van der Waals surface area contributed by atoms with E-state index in [0.29, 0.717) is 28.4 Å². The zero-order chi connectivity index (χ0) is 22.2. The molecule has 8 nitrogen and oxygen atoms in total. The molecule has 0 aliphatic heterocycles. The first kappa shape index (κ1) is 21.5. The SMILES string of the molecule is Cc1cc(-n2c(C)cc(C(=O)COC(=O)c3cc(S(C)(=O)=O)ccc3C)c2C)no1. The van der Waals surface area contributed by atoms with Gasteiger partial charge in [-0.1, -0.05) is 11.2 Å². The molecule has 0 radical (unpaired) electrons. The molecule has 0 bridgehead atoms. The van der Waals surface area contributed by atoms with Crippen LogP contribution in [-0.4, -0.2) is 42.8 Å². The Kier molecular flexibility index (Phi) is 5.67. The summed E-state index contributed by atoms with van der Waals surface area (Å²) in [5.41, 5.74) is 2.50. The number of ketones is 1. The summed E-state index contributed by atoms with van der Waals surface area (Å²) in [6.07, 6.45) is 1.06. The molecule has 0 saturated heterocycles. The van der Waals surface area contributed by atoms with E-state index >= 15 is 0 Å². The van der Waals surface area contributed by atoms with Crippen LogP contribution in [0.4, 0.5) is 0 Å². The maximum atomic E-state index is 12.7. The van der Waals surface area contributed by atoms with E-state index in [9.17, 15) is 18.0 Å². The molecular weight excluding hydrogens is 408 g/mol. The Morgan fingerprint density at radius 1 is 1.07 bits per heavy atom. The highest BCUT2D eigenvalue weighted by Crippen LogP contribution is 2.22. The summed E-state index contributed by atoms with van der Waals surface area (Å²) < 4.78 is 35.5. The molecule has 9 heteroatoms. The number of benzene rings is 1. The largest absolute Gasteiger partial charge is 0.454 e. The number of aromatic nitrogens is 2. The predicted octanol–water partition coefficient (Wildman–Crippen LogP) is 3.14. The molecule has 1 aromatic carbocycles. The number of aryl methyl sites for hydroxylation is 3. The Hall–Kier alpha value is -3.20. The fraction of sp³-hybridized carbons (Fsp3) is 0.286. The number of Topliss-reactive ketones (excluding diaryl/α,β-unsaturated/α-hetero) is 1. The first-order chi connectivity index (χ1) is 14.0. The lowest BCUT2D eigenvalue weighted by Crippen LogP contribution is -2.16. The van der Waals surface area contributed by atoms with E-state index in [1.165, 1.54) is 18.2 Å². The van der Waals surface area contributed by atoms with Gasteiger partial charge in [-0.05, 0) is 51.5 Å².